The Balaban J connectivity index is 2.16. The number of ketones is 1. The van der Waals surface area contributed by atoms with Crippen molar-refractivity contribution in [2.75, 3.05) is 0 Å². The molecule has 0 radical (unpaired) electrons. The van der Waals surface area contributed by atoms with Gasteiger partial charge in [0.05, 0.1) is 0 Å². The van der Waals surface area contributed by atoms with E-state index in [0.717, 1.165) is 12.0 Å². The fourth-order valence-electron chi connectivity index (χ4n) is 2.20. The van der Waals surface area contributed by atoms with Gasteiger partial charge in [-0.25, -0.2) is 0 Å². The van der Waals surface area contributed by atoms with Gasteiger partial charge in [0.2, 0.25) is 0 Å². The lowest BCUT2D eigenvalue weighted by Gasteiger charge is -2.12. The van der Waals surface area contributed by atoms with Gasteiger partial charge >= 0.3 is 0 Å². The maximum Gasteiger partial charge on any atom is 0.169 e. The third-order valence-electron chi connectivity index (χ3n) is 3.55. The highest BCUT2D eigenvalue weighted by atomic mass is 16.1. The van der Waals surface area contributed by atoms with E-state index in [9.17, 15) is 4.79 Å². The van der Waals surface area contributed by atoms with Crippen LogP contribution in [-0.2, 0) is 0 Å². The summed E-state index contributed by atoms with van der Waals surface area (Å²) in [6.45, 7) is 6.26. The molecule has 0 spiro atoms. The molecular formula is C16H18O. The normalized spacial score (nSPS) is 17.0. The molecule has 0 heterocycles. The van der Waals surface area contributed by atoms with E-state index in [1.165, 1.54) is 16.7 Å². The minimum atomic E-state index is -0.00944. The molecule has 0 saturated carbocycles. The van der Waals surface area contributed by atoms with Crippen molar-refractivity contribution >= 4 is 5.78 Å². The molecule has 0 aliphatic heterocycles. The Morgan fingerprint density at radius 2 is 1.82 bits per heavy atom. The van der Waals surface area contributed by atoms with Crippen LogP contribution in [0.15, 0.2) is 53.1 Å². The second-order valence-electron chi connectivity index (χ2n) is 4.81. The summed E-state index contributed by atoms with van der Waals surface area (Å²) in [6.07, 6.45) is 3.12. The number of rotatable bonds is 3. The molecule has 2 rings (SSSR count). The van der Waals surface area contributed by atoms with Crippen LogP contribution in [0.1, 0.15) is 37.6 Å². The van der Waals surface area contributed by atoms with Crippen molar-refractivity contribution in [2.24, 2.45) is 5.92 Å². The Labute approximate surface area is 103 Å². The van der Waals surface area contributed by atoms with Crippen molar-refractivity contribution in [2.45, 2.75) is 27.2 Å². The van der Waals surface area contributed by atoms with Gasteiger partial charge in [-0.15, -0.1) is 0 Å². The average Bonchev–Trinajstić information content (AvgIpc) is 2.69. The number of benzene rings is 1. The topological polar surface area (TPSA) is 17.1 Å². The lowest BCUT2D eigenvalue weighted by molar-refractivity contribution is 0.0947. The lowest BCUT2D eigenvalue weighted by Crippen LogP contribution is -2.13. The summed E-state index contributed by atoms with van der Waals surface area (Å²) in [7, 11) is 0. The summed E-state index contributed by atoms with van der Waals surface area (Å²) < 4.78 is 0. The van der Waals surface area contributed by atoms with E-state index in [4.69, 9.17) is 0 Å². The molecule has 0 aromatic heterocycles. The van der Waals surface area contributed by atoms with Gasteiger partial charge in [-0.1, -0.05) is 60.1 Å². The summed E-state index contributed by atoms with van der Waals surface area (Å²) in [5.74, 6) is 0.212. The van der Waals surface area contributed by atoms with Crippen molar-refractivity contribution in [3.05, 3.63) is 58.7 Å². The fourth-order valence-corrected chi connectivity index (χ4v) is 2.20. The first-order valence-electron chi connectivity index (χ1n) is 6.05. The molecule has 1 aromatic carbocycles. The van der Waals surface area contributed by atoms with Crippen LogP contribution < -0.4 is 0 Å². The van der Waals surface area contributed by atoms with Gasteiger partial charge in [0.1, 0.15) is 0 Å². The average molecular weight is 226 g/mol. The van der Waals surface area contributed by atoms with Gasteiger partial charge < -0.3 is 0 Å². The number of allylic oxidation sites excluding steroid dienone is 4. The third kappa shape index (κ3) is 2.38. The molecule has 0 bridgehead atoms. The van der Waals surface area contributed by atoms with E-state index in [-0.39, 0.29) is 11.7 Å². The highest BCUT2D eigenvalue weighted by molar-refractivity contribution is 5.99. The van der Waals surface area contributed by atoms with Gasteiger partial charge in [-0.3, -0.25) is 4.79 Å². The summed E-state index contributed by atoms with van der Waals surface area (Å²) in [5, 5.41) is 0. The third-order valence-corrected chi connectivity index (χ3v) is 3.55. The molecule has 1 aliphatic rings. The van der Waals surface area contributed by atoms with E-state index in [0.29, 0.717) is 0 Å². The molecule has 1 unspecified atom stereocenters. The highest BCUT2D eigenvalue weighted by Gasteiger charge is 2.22. The first kappa shape index (κ1) is 11.8. The molecule has 0 amide bonds. The van der Waals surface area contributed by atoms with Gasteiger partial charge in [0, 0.05) is 11.5 Å². The Hall–Kier alpha value is -1.63. The molecule has 1 aliphatic carbocycles. The van der Waals surface area contributed by atoms with E-state index in [2.05, 4.69) is 19.9 Å². The minimum Gasteiger partial charge on any atom is -0.294 e. The van der Waals surface area contributed by atoms with Gasteiger partial charge in [-0.2, -0.15) is 0 Å². The number of hydrogen-bond donors (Lipinski definition) is 0. The van der Waals surface area contributed by atoms with Crippen LogP contribution in [0, 0.1) is 5.92 Å². The second kappa shape index (κ2) is 4.70. The zero-order chi connectivity index (χ0) is 12.4. The molecular weight excluding hydrogens is 208 g/mol. The van der Waals surface area contributed by atoms with Crippen LogP contribution >= 0.6 is 0 Å². The Bertz CT molecular complexity index is 492. The van der Waals surface area contributed by atoms with Crippen molar-refractivity contribution in [3.63, 3.8) is 0 Å². The number of Topliss-reactive ketones (excluding diaryl/α,β-unsaturated/α-hetero) is 1. The maximum absolute atomic E-state index is 12.3. The molecule has 88 valence electrons. The minimum absolute atomic E-state index is 0.00944. The number of hydrogen-bond acceptors (Lipinski definition) is 1. The van der Waals surface area contributed by atoms with Gasteiger partial charge in [0.25, 0.3) is 0 Å². The van der Waals surface area contributed by atoms with Gasteiger partial charge in [0.15, 0.2) is 5.78 Å². The van der Waals surface area contributed by atoms with E-state index >= 15 is 0 Å². The molecule has 1 heteroatoms. The second-order valence-corrected chi connectivity index (χ2v) is 4.81. The molecule has 1 aromatic rings. The standard InChI is InChI=1S/C16H18O/c1-11-9-15(10-12(11)2)13(3)16(17)14-7-5-4-6-8-14/h4-9,13H,10H2,1-3H3. The summed E-state index contributed by atoms with van der Waals surface area (Å²) in [4.78, 5) is 12.3. The smallest absolute Gasteiger partial charge is 0.169 e. The summed E-state index contributed by atoms with van der Waals surface area (Å²) in [5.41, 5.74) is 4.75. The SMILES string of the molecule is CC1=C(C)CC(C(C)C(=O)c2ccccc2)=C1. The Kier molecular flexibility index (Phi) is 3.28. The zero-order valence-electron chi connectivity index (χ0n) is 10.7. The molecule has 0 N–H and O–H groups in total. The lowest BCUT2D eigenvalue weighted by atomic mass is 9.91. The molecule has 0 saturated heterocycles. The predicted molar refractivity (Wildman–Crippen MR) is 71.0 cm³/mol. The van der Waals surface area contributed by atoms with Crippen molar-refractivity contribution in [3.8, 4) is 0 Å². The van der Waals surface area contributed by atoms with Gasteiger partial charge in [-0.05, 0) is 20.3 Å². The molecule has 1 atom stereocenters. The fraction of sp³-hybridized carbons (Fsp3) is 0.312. The predicted octanol–water partition coefficient (Wildman–Crippen LogP) is 4.17. The number of carbonyl (C=O) groups is 1. The Morgan fingerprint density at radius 3 is 2.35 bits per heavy atom. The van der Waals surface area contributed by atoms with E-state index in [1.54, 1.807) is 0 Å². The van der Waals surface area contributed by atoms with Crippen molar-refractivity contribution in [1.82, 2.24) is 0 Å². The summed E-state index contributed by atoms with van der Waals surface area (Å²) in [6, 6.07) is 9.55. The van der Waals surface area contributed by atoms with Crippen LogP contribution in [0.4, 0.5) is 0 Å². The molecule has 0 fully saturated rings. The van der Waals surface area contributed by atoms with Crippen LogP contribution in [0.3, 0.4) is 0 Å². The van der Waals surface area contributed by atoms with Crippen LogP contribution in [-0.4, -0.2) is 5.78 Å². The Morgan fingerprint density at radius 1 is 1.18 bits per heavy atom. The summed E-state index contributed by atoms with van der Waals surface area (Å²) >= 11 is 0. The van der Waals surface area contributed by atoms with E-state index < -0.39 is 0 Å². The number of carbonyl (C=O) groups excluding carboxylic acids is 1. The quantitative estimate of drug-likeness (QED) is 0.707. The highest BCUT2D eigenvalue weighted by Crippen LogP contribution is 2.31. The van der Waals surface area contributed by atoms with Crippen LogP contribution in [0.25, 0.3) is 0 Å². The van der Waals surface area contributed by atoms with Crippen molar-refractivity contribution in [1.29, 1.82) is 0 Å². The van der Waals surface area contributed by atoms with Crippen LogP contribution in [0.2, 0.25) is 0 Å². The monoisotopic (exact) mass is 226 g/mol. The molecule has 17 heavy (non-hydrogen) atoms. The first-order chi connectivity index (χ1) is 8.09. The first-order valence-corrected chi connectivity index (χ1v) is 6.05. The van der Waals surface area contributed by atoms with Crippen molar-refractivity contribution < 1.29 is 4.79 Å². The molecule has 1 nitrogen and oxygen atoms in total. The zero-order valence-corrected chi connectivity index (χ0v) is 10.7. The van der Waals surface area contributed by atoms with Crippen LogP contribution in [0.5, 0.6) is 0 Å². The largest absolute Gasteiger partial charge is 0.294 e. The van der Waals surface area contributed by atoms with E-state index in [1.807, 2.05) is 37.3 Å². The maximum atomic E-state index is 12.3.